The van der Waals surface area contributed by atoms with E-state index in [0.717, 1.165) is 18.4 Å². The highest BCUT2D eigenvalue weighted by molar-refractivity contribution is 7.17. The van der Waals surface area contributed by atoms with Gasteiger partial charge in [-0.3, -0.25) is 14.6 Å². The molecule has 0 saturated carbocycles. The molecule has 0 spiro atoms. The summed E-state index contributed by atoms with van der Waals surface area (Å²) in [5.74, 6) is -0.238. The van der Waals surface area contributed by atoms with Crippen molar-refractivity contribution in [2.24, 2.45) is 11.7 Å². The number of rotatable bonds is 10. The van der Waals surface area contributed by atoms with Gasteiger partial charge in [0, 0.05) is 17.4 Å². The van der Waals surface area contributed by atoms with Gasteiger partial charge in [-0.1, -0.05) is 38.1 Å². The predicted molar refractivity (Wildman–Crippen MR) is 168 cm³/mol. The third-order valence-electron chi connectivity index (χ3n) is 7.64. The number of fused-ring (bicyclic) bond motifs is 1. The maximum atomic E-state index is 13.5. The van der Waals surface area contributed by atoms with Crippen molar-refractivity contribution in [2.75, 3.05) is 0 Å². The van der Waals surface area contributed by atoms with Crippen LogP contribution in [0, 0.1) is 18.7 Å². The first-order valence-electron chi connectivity index (χ1n) is 14.7. The molecule has 45 heavy (non-hydrogen) atoms. The molecule has 0 radical (unpaired) electrons. The van der Waals surface area contributed by atoms with Crippen molar-refractivity contribution in [1.82, 2.24) is 20.5 Å². The van der Waals surface area contributed by atoms with Crippen molar-refractivity contribution in [2.45, 2.75) is 52.7 Å². The minimum absolute atomic E-state index is 0.0423. The molecule has 0 saturated heterocycles. The Morgan fingerprint density at radius 2 is 1.84 bits per heavy atom. The van der Waals surface area contributed by atoms with E-state index >= 15 is 0 Å². The summed E-state index contributed by atoms with van der Waals surface area (Å²) in [5.41, 5.74) is 10.4. The number of primary amides is 1. The van der Waals surface area contributed by atoms with Crippen molar-refractivity contribution in [3.8, 4) is 27.6 Å². The second-order valence-electron chi connectivity index (χ2n) is 11.4. The van der Waals surface area contributed by atoms with E-state index in [1.54, 1.807) is 19.1 Å². The zero-order valence-corrected chi connectivity index (χ0v) is 25.9. The van der Waals surface area contributed by atoms with E-state index in [0.29, 0.717) is 50.3 Å². The van der Waals surface area contributed by atoms with Crippen LogP contribution in [0.4, 0.5) is 4.39 Å². The highest BCUT2D eigenvalue weighted by atomic mass is 32.1. The van der Waals surface area contributed by atoms with Crippen molar-refractivity contribution in [3.05, 3.63) is 105 Å². The smallest absolute Gasteiger partial charge is 0.261 e. The van der Waals surface area contributed by atoms with Crippen LogP contribution in [0.3, 0.4) is 0 Å². The first-order valence-corrected chi connectivity index (χ1v) is 15.5. The fourth-order valence-electron chi connectivity index (χ4n) is 5.68. The number of carbonyl (C=O) groups is 2. The highest BCUT2D eigenvalue weighted by Gasteiger charge is 2.30. The molecule has 230 valence electrons. The van der Waals surface area contributed by atoms with Crippen molar-refractivity contribution >= 4 is 23.2 Å². The van der Waals surface area contributed by atoms with E-state index in [-0.39, 0.29) is 41.7 Å². The number of aryl methyl sites for hydroxylation is 2. The second-order valence-corrected chi connectivity index (χ2v) is 12.5. The highest BCUT2D eigenvalue weighted by Crippen LogP contribution is 2.42. The molecule has 0 fully saturated rings. The lowest BCUT2D eigenvalue weighted by molar-refractivity contribution is 0.0939. The van der Waals surface area contributed by atoms with Gasteiger partial charge in [0.25, 0.3) is 11.8 Å². The van der Waals surface area contributed by atoms with Crippen LogP contribution in [-0.2, 0) is 19.4 Å². The van der Waals surface area contributed by atoms with Gasteiger partial charge in [0.15, 0.2) is 0 Å². The summed E-state index contributed by atoms with van der Waals surface area (Å²) in [6, 6.07) is 17.2. The molecule has 3 heterocycles. The number of hydrogen-bond donors (Lipinski definition) is 2. The topological polar surface area (TPSA) is 133 Å². The number of amides is 2. The van der Waals surface area contributed by atoms with Gasteiger partial charge in [0.2, 0.25) is 11.8 Å². The summed E-state index contributed by atoms with van der Waals surface area (Å²) in [6.07, 6.45) is 2.19. The summed E-state index contributed by atoms with van der Waals surface area (Å²) in [4.78, 5) is 32.6. The molecule has 1 atom stereocenters. The van der Waals surface area contributed by atoms with Gasteiger partial charge in [-0.25, -0.2) is 4.39 Å². The summed E-state index contributed by atoms with van der Waals surface area (Å²) in [7, 11) is 0. The minimum Gasteiger partial charge on any atom is -0.487 e. The van der Waals surface area contributed by atoms with Crippen LogP contribution in [0.1, 0.15) is 74.7 Å². The molecule has 1 aliphatic carbocycles. The fourth-order valence-corrected chi connectivity index (χ4v) is 6.65. The Hall–Kier alpha value is -4.90. The van der Waals surface area contributed by atoms with Crippen molar-refractivity contribution < 1.29 is 23.1 Å². The van der Waals surface area contributed by atoms with Gasteiger partial charge in [0.05, 0.1) is 33.4 Å². The van der Waals surface area contributed by atoms with E-state index in [1.165, 1.54) is 41.2 Å². The van der Waals surface area contributed by atoms with Gasteiger partial charge >= 0.3 is 0 Å². The third kappa shape index (κ3) is 6.34. The van der Waals surface area contributed by atoms with Crippen molar-refractivity contribution in [1.29, 1.82) is 0 Å². The van der Waals surface area contributed by atoms with Gasteiger partial charge in [-0.05, 0) is 72.7 Å². The number of carbonyl (C=O) groups excluding carboxylic acids is 2. The third-order valence-corrected chi connectivity index (χ3v) is 8.74. The Morgan fingerprint density at radius 1 is 1.07 bits per heavy atom. The van der Waals surface area contributed by atoms with Gasteiger partial charge < -0.3 is 20.2 Å². The number of thiophene rings is 1. The van der Waals surface area contributed by atoms with Crippen LogP contribution in [0.2, 0.25) is 0 Å². The molecule has 9 nitrogen and oxygen atoms in total. The van der Waals surface area contributed by atoms with E-state index in [4.69, 9.17) is 19.9 Å². The fraction of sp³-hybridized carbons (Fsp3) is 0.265. The Labute approximate surface area is 263 Å². The van der Waals surface area contributed by atoms with Crippen LogP contribution < -0.4 is 15.8 Å². The lowest BCUT2D eigenvalue weighted by Gasteiger charge is -2.19. The van der Waals surface area contributed by atoms with E-state index in [1.807, 2.05) is 32.0 Å². The monoisotopic (exact) mass is 625 g/mol. The van der Waals surface area contributed by atoms with Crippen LogP contribution in [0.5, 0.6) is 5.75 Å². The molecular formula is C34H32FN5O4S. The lowest BCUT2D eigenvalue weighted by Crippen LogP contribution is -2.26. The maximum absolute atomic E-state index is 13.5. The maximum Gasteiger partial charge on any atom is 0.261 e. The quantitative estimate of drug-likeness (QED) is 0.179. The molecule has 5 aromatic rings. The Balaban J connectivity index is 1.45. The lowest BCUT2D eigenvalue weighted by atomic mass is 9.92. The first-order chi connectivity index (χ1) is 21.7. The standard InChI is InChI=1S/C34H32FN5O4S/c1-18(2)16-25-29(32(36)41)31(27-14-15-28(45-27)33(42)38-24-13-8-20-6-4-5-7-23(20)24)30(34-40-39-19(3)44-34)26(37-25)17-43-22-11-9-21(35)10-12-22/h4-7,9-12,14-15,18,24H,8,13,16-17H2,1-3H3,(H2,36,41)(H,38,42)/t24-/m1/s1. The normalized spacial score (nSPS) is 14.0. The number of nitrogens with zero attached hydrogens (tertiary/aromatic N) is 3. The average molecular weight is 626 g/mol. The van der Waals surface area contributed by atoms with Crippen LogP contribution in [0.25, 0.3) is 21.9 Å². The summed E-state index contributed by atoms with van der Waals surface area (Å²) >= 11 is 1.24. The zero-order chi connectivity index (χ0) is 31.7. The molecule has 0 unspecified atom stereocenters. The summed E-state index contributed by atoms with van der Waals surface area (Å²) < 4.78 is 25.4. The number of pyridine rings is 1. The Bertz CT molecular complexity index is 1880. The second kappa shape index (κ2) is 12.6. The average Bonchev–Trinajstić information content (AvgIpc) is 3.76. The number of nitrogens with one attached hydrogen (secondary N) is 1. The largest absolute Gasteiger partial charge is 0.487 e. The molecule has 0 bridgehead atoms. The number of hydrogen-bond acceptors (Lipinski definition) is 8. The van der Waals surface area contributed by atoms with Crippen molar-refractivity contribution in [3.63, 3.8) is 0 Å². The predicted octanol–water partition coefficient (Wildman–Crippen LogP) is 6.60. The van der Waals surface area contributed by atoms with Crippen LogP contribution >= 0.6 is 11.3 Å². The summed E-state index contributed by atoms with van der Waals surface area (Å²) in [6.45, 7) is 5.66. The number of ether oxygens (including phenoxy) is 1. The number of halogens is 1. The molecule has 3 N–H and O–H groups in total. The first kappa shape index (κ1) is 30.1. The molecule has 3 aromatic heterocycles. The van der Waals surface area contributed by atoms with Gasteiger partial charge in [-0.2, -0.15) is 0 Å². The van der Waals surface area contributed by atoms with Crippen LogP contribution in [-0.4, -0.2) is 27.0 Å². The van der Waals surface area contributed by atoms with E-state index in [2.05, 4.69) is 21.6 Å². The SMILES string of the molecule is Cc1nnc(-c2c(COc3ccc(F)cc3)nc(CC(C)C)c(C(N)=O)c2-c2ccc(C(=O)N[C@@H]3CCc4ccccc43)s2)o1. The molecule has 2 aromatic carbocycles. The zero-order valence-electron chi connectivity index (χ0n) is 25.1. The summed E-state index contributed by atoms with van der Waals surface area (Å²) in [5, 5.41) is 11.5. The molecule has 2 amide bonds. The van der Waals surface area contributed by atoms with Gasteiger partial charge in [-0.15, -0.1) is 21.5 Å². The van der Waals surface area contributed by atoms with Crippen LogP contribution in [0.15, 0.2) is 65.1 Å². The minimum atomic E-state index is -0.668. The molecule has 0 aliphatic heterocycles. The molecule has 1 aliphatic rings. The van der Waals surface area contributed by atoms with Gasteiger partial charge in [0.1, 0.15) is 18.2 Å². The number of nitrogens with two attached hydrogens (primary N) is 1. The number of aromatic nitrogens is 3. The molecule has 11 heteroatoms. The molecular weight excluding hydrogens is 593 g/mol. The Kier molecular flexibility index (Phi) is 8.44. The van der Waals surface area contributed by atoms with E-state index < -0.39 is 5.91 Å². The number of benzene rings is 2. The Morgan fingerprint density at radius 3 is 2.56 bits per heavy atom. The van der Waals surface area contributed by atoms with E-state index in [9.17, 15) is 14.0 Å². The molecule has 6 rings (SSSR count).